The Balaban J connectivity index is 3.26. The van der Waals surface area contributed by atoms with Gasteiger partial charge in [0.05, 0.1) is 35.2 Å². The molecule has 0 bridgehead atoms. The summed E-state index contributed by atoms with van der Waals surface area (Å²) >= 11 is 0. The van der Waals surface area contributed by atoms with Crippen LogP contribution in [0.3, 0.4) is 0 Å². The highest BCUT2D eigenvalue weighted by Crippen LogP contribution is 2.31. The Labute approximate surface area is 83.7 Å². The van der Waals surface area contributed by atoms with Gasteiger partial charge in [0, 0.05) is 0 Å². The van der Waals surface area contributed by atoms with Gasteiger partial charge in [0.25, 0.3) is 6.43 Å². The topological polar surface area (TPSA) is 102 Å². The van der Waals surface area contributed by atoms with E-state index in [1.54, 1.807) is 0 Å². The minimum Gasteiger partial charge on any atom is -0.481 e. The average Bonchev–Trinajstić information content (AvgIpc) is 2.10. The Morgan fingerprint density at radius 2 is 2.13 bits per heavy atom. The van der Waals surface area contributed by atoms with Gasteiger partial charge >= 0.3 is 5.97 Å². The van der Waals surface area contributed by atoms with Crippen LogP contribution in [0.15, 0.2) is 6.20 Å². The van der Waals surface area contributed by atoms with Crippen molar-refractivity contribution < 1.29 is 18.7 Å². The SMILES string of the molecule is Nc1cnc(CC(=O)O)c(C(F)F)c1N. The fraction of sp³-hybridized carbons (Fsp3) is 0.250. The highest BCUT2D eigenvalue weighted by atomic mass is 19.3. The molecular weight excluding hydrogens is 208 g/mol. The smallest absolute Gasteiger partial charge is 0.309 e. The van der Waals surface area contributed by atoms with Crippen molar-refractivity contribution in [3.8, 4) is 0 Å². The molecule has 5 N–H and O–H groups in total. The number of hydrogen-bond donors (Lipinski definition) is 3. The lowest BCUT2D eigenvalue weighted by Gasteiger charge is -2.10. The van der Waals surface area contributed by atoms with Crippen molar-refractivity contribution in [2.75, 3.05) is 11.5 Å². The van der Waals surface area contributed by atoms with Gasteiger partial charge in [-0.1, -0.05) is 0 Å². The first-order chi connectivity index (χ1) is 6.93. The van der Waals surface area contributed by atoms with E-state index in [0.717, 1.165) is 6.20 Å². The van der Waals surface area contributed by atoms with Crippen LogP contribution in [-0.2, 0) is 11.2 Å². The molecule has 0 aliphatic rings. The molecule has 1 aromatic rings. The van der Waals surface area contributed by atoms with Crippen LogP contribution in [0.2, 0.25) is 0 Å². The Bertz CT molecular complexity index is 396. The molecule has 7 heteroatoms. The van der Waals surface area contributed by atoms with Gasteiger partial charge in [-0.15, -0.1) is 0 Å². The maximum Gasteiger partial charge on any atom is 0.309 e. The zero-order chi connectivity index (χ0) is 11.6. The number of alkyl halides is 2. The van der Waals surface area contributed by atoms with Gasteiger partial charge in [-0.05, 0) is 0 Å². The number of halogens is 2. The van der Waals surface area contributed by atoms with Gasteiger partial charge in [-0.3, -0.25) is 9.78 Å². The maximum absolute atomic E-state index is 12.6. The molecule has 0 fully saturated rings. The lowest BCUT2D eigenvalue weighted by molar-refractivity contribution is -0.136. The number of carbonyl (C=O) groups is 1. The Kier molecular flexibility index (Phi) is 3.03. The number of anilines is 2. The van der Waals surface area contributed by atoms with E-state index in [1.165, 1.54) is 0 Å². The summed E-state index contributed by atoms with van der Waals surface area (Å²) in [7, 11) is 0. The molecule has 0 unspecified atom stereocenters. The molecule has 82 valence electrons. The number of nitrogen functional groups attached to an aromatic ring is 2. The van der Waals surface area contributed by atoms with Crippen molar-refractivity contribution in [2.45, 2.75) is 12.8 Å². The van der Waals surface area contributed by atoms with E-state index in [0.29, 0.717) is 0 Å². The van der Waals surface area contributed by atoms with Crippen LogP contribution in [0, 0.1) is 0 Å². The number of rotatable bonds is 3. The quantitative estimate of drug-likeness (QED) is 0.695. The van der Waals surface area contributed by atoms with Crippen molar-refractivity contribution in [2.24, 2.45) is 0 Å². The second-order valence-corrected chi connectivity index (χ2v) is 2.86. The van der Waals surface area contributed by atoms with Crippen LogP contribution in [0.1, 0.15) is 17.7 Å². The predicted molar refractivity (Wildman–Crippen MR) is 49.4 cm³/mol. The standard InChI is InChI=1S/C8H9F2N3O2/c9-8(10)6-4(1-5(14)15)13-2-3(11)7(6)12/h2,8H,1,11H2,(H2,12,13)(H,14,15). The molecule has 0 radical (unpaired) electrons. The lowest BCUT2D eigenvalue weighted by atomic mass is 10.1. The van der Waals surface area contributed by atoms with Gasteiger partial charge in [-0.2, -0.15) is 0 Å². The molecule has 0 saturated heterocycles. The van der Waals surface area contributed by atoms with Gasteiger partial charge in [0.2, 0.25) is 0 Å². The molecular formula is C8H9F2N3O2. The molecule has 1 aromatic heterocycles. The summed E-state index contributed by atoms with van der Waals surface area (Å²) in [6.45, 7) is 0. The van der Waals surface area contributed by atoms with Gasteiger partial charge in [0.15, 0.2) is 0 Å². The molecule has 1 rings (SSSR count). The second kappa shape index (κ2) is 4.07. The monoisotopic (exact) mass is 217 g/mol. The number of nitrogens with two attached hydrogens (primary N) is 2. The minimum absolute atomic E-state index is 0.0839. The zero-order valence-corrected chi connectivity index (χ0v) is 7.58. The molecule has 0 aliphatic carbocycles. The van der Waals surface area contributed by atoms with Crippen LogP contribution >= 0.6 is 0 Å². The second-order valence-electron chi connectivity index (χ2n) is 2.86. The average molecular weight is 217 g/mol. The third-order valence-electron chi connectivity index (χ3n) is 1.81. The highest BCUT2D eigenvalue weighted by molar-refractivity contribution is 5.74. The number of carboxylic acid groups (broad SMARTS) is 1. The van der Waals surface area contributed by atoms with Crippen LogP contribution in [0.4, 0.5) is 20.2 Å². The summed E-state index contributed by atoms with van der Waals surface area (Å²) in [6.07, 6.45) is -2.43. The van der Waals surface area contributed by atoms with Crippen molar-refractivity contribution in [1.82, 2.24) is 4.98 Å². The van der Waals surface area contributed by atoms with E-state index in [1.807, 2.05) is 0 Å². The number of hydrogen-bond acceptors (Lipinski definition) is 4. The minimum atomic E-state index is -2.89. The van der Waals surface area contributed by atoms with Crippen molar-refractivity contribution >= 4 is 17.3 Å². The van der Waals surface area contributed by atoms with Crippen molar-refractivity contribution in [1.29, 1.82) is 0 Å². The molecule has 0 aliphatic heterocycles. The summed E-state index contributed by atoms with van der Waals surface area (Å²) in [5.41, 5.74) is 9.36. The number of nitrogens with zero attached hydrogens (tertiary/aromatic N) is 1. The Morgan fingerprint density at radius 3 is 2.60 bits per heavy atom. The van der Waals surface area contributed by atoms with Gasteiger partial charge in [-0.25, -0.2) is 8.78 Å². The van der Waals surface area contributed by atoms with Crippen LogP contribution in [0.25, 0.3) is 0 Å². The maximum atomic E-state index is 12.6. The molecule has 0 atom stereocenters. The zero-order valence-electron chi connectivity index (χ0n) is 7.58. The van der Waals surface area contributed by atoms with E-state index >= 15 is 0 Å². The first-order valence-electron chi connectivity index (χ1n) is 3.96. The third-order valence-corrected chi connectivity index (χ3v) is 1.81. The normalized spacial score (nSPS) is 10.6. The van der Waals surface area contributed by atoms with E-state index in [9.17, 15) is 13.6 Å². The highest BCUT2D eigenvalue weighted by Gasteiger charge is 2.21. The fourth-order valence-electron chi connectivity index (χ4n) is 1.13. The summed E-state index contributed by atoms with van der Waals surface area (Å²) < 4.78 is 25.1. The molecule has 0 aromatic carbocycles. The molecule has 0 spiro atoms. The lowest BCUT2D eigenvalue weighted by Crippen LogP contribution is -2.10. The van der Waals surface area contributed by atoms with E-state index in [4.69, 9.17) is 16.6 Å². The number of aliphatic carboxylic acids is 1. The Morgan fingerprint density at radius 1 is 1.53 bits per heavy atom. The van der Waals surface area contributed by atoms with Crippen LogP contribution in [0.5, 0.6) is 0 Å². The van der Waals surface area contributed by atoms with Crippen molar-refractivity contribution in [3.05, 3.63) is 17.5 Å². The van der Waals surface area contributed by atoms with Gasteiger partial charge in [0.1, 0.15) is 0 Å². The van der Waals surface area contributed by atoms with Crippen LogP contribution in [-0.4, -0.2) is 16.1 Å². The Hall–Kier alpha value is -1.92. The number of carboxylic acids is 1. The summed E-state index contributed by atoms with van der Waals surface area (Å²) in [5.74, 6) is -1.26. The molecule has 1 heterocycles. The fourth-order valence-corrected chi connectivity index (χ4v) is 1.13. The van der Waals surface area contributed by atoms with E-state index < -0.39 is 24.4 Å². The summed E-state index contributed by atoms with van der Waals surface area (Å²) in [4.78, 5) is 13.9. The largest absolute Gasteiger partial charge is 0.481 e. The first kappa shape index (κ1) is 11.2. The first-order valence-corrected chi connectivity index (χ1v) is 3.96. The molecule has 5 nitrogen and oxygen atoms in total. The molecule has 0 amide bonds. The third kappa shape index (κ3) is 2.30. The summed E-state index contributed by atoms with van der Waals surface area (Å²) in [6, 6.07) is 0. The van der Waals surface area contributed by atoms with E-state index in [-0.39, 0.29) is 17.1 Å². The number of aromatic nitrogens is 1. The van der Waals surface area contributed by atoms with E-state index in [2.05, 4.69) is 4.98 Å². The van der Waals surface area contributed by atoms with Crippen LogP contribution < -0.4 is 11.5 Å². The number of pyridine rings is 1. The predicted octanol–water partition coefficient (Wildman–Crippen LogP) is 0.811. The van der Waals surface area contributed by atoms with Gasteiger partial charge < -0.3 is 16.6 Å². The molecule has 15 heavy (non-hydrogen) atoms. The molecule has 0 saturated carbocycles. The van der Waals surface area contributed by atoms with Crippen molar-refractivity contribution in [3.63, 3.8) is 0 Å². The summed E-state index contributed by atoms with van der Waals surface area (Å²) in [5, 5.41) is 8.48.